The van der Waals surface area contributed by atoms with Crippen molar-refractivity contribution in [3.05, 3.63) is 22.4 Å². The molecule has 1 aromatic rings. The van der Waals surface area contributed by atoms with E-state index < -0.39 is 0 Å². The summed E-state index contributed by atoms with van der Waals surface area (Å²) in [7, 11) is 2.22. The number of amides is 1. The van der Waals surface area contributed by atoms with Gasteiger partial charge in [-0.15, -0.1) is 11.3 Å². The highest BCUT2D eigenvalue weighted by Crippen LogP contribution is 2.37. The minimum atomic E-state index is 0.0874. The molecule has 28 heavy (non-hydrogen) atoms. The Morgan fingerprint density at radius 3 is 2.89 bits per heavy atom. The summed E-state index contributed by atoms with van der Waals surface area (Å²) in [5.74, 6) is 1.41. The monoisotopic (exact) mass is 407 g/mol. The van der Waals surface area contributed by atoms with Gasteiger partial charge in [0.15, 0.2) is 5.96 Å². The molecular weight excluding hydrogens is 370 g/mol. The maximum Gasteiger partial charge on any atom is 0.221 e. The number of thiophene rings is 1. The average Bonchev–Trinajstić information content (AvgIpc) is 3.20. The van der Waals surface area contributed by atoms with Gasteiger partial charge in [-0.3, -0.25) is 14.7 Å². The average molecular weight is 408 g/mol. The molecule has 0 radical (unpaired) electrons. The summed E-state index contributed by atoms with van der Waals surface area (Å²) in [5.41, 5.74) is 0. The zero-order valence-electron chi connectivity index (χ0n) is 17.8. The molecule has 1 amide bonds. The molecule has 2 rings (SSSR count). The second kappa shape index (κ2) is 12.1. The lowest BCUT2D eigenvalue weighted by Gasteiger charge is -2.38. The Hall–Kier alpha value is -1.60. The first-order chi connectivity index (χ1) is 13.5. The van der Waals surface area contributed by atoms with Crippen molar-refractivity contribution in [3.63, 3.8) is 0 Å². The molecule has 158 valence electrons. The third-order valence-corrected chi connectivity index (χ3v) is 6.28. The van der Waals surface area contributed by atoms with E-state index in [0.717, 1.165) is 32.0 Å². The van der Waals surface area contributed by atoms with Crippen LogP contribution in [-0.2, 0) is 4.79 Å². The van der Waals surface area contributed by atoms with E-state index >= 15 is 0 Å². The lowest BCUT2D eigenvalue weighted by molar-refractivity contribution is -0.121. The molecular formula is C21H37N5OS. The molecule has 0 aromatic carbocycles. The van der Waals surface area contributed by atoms with Crippen LogP contribution >= 0.6 is 11.3 Å². The Labute approximate surface area is 174 Å². The minimum Gasteiger partial charge on any atom is -0.357 e. The number of aliphatic imine (C=N–C) groups is 1. The number of carbonyl (C=O) groups is 1. The number of carbonyl (C=O) groups excluding carboxylic acids is 1. The lowest BCUT2D eigenvalue weighted by Crippen LogP contribution is -2.41. The van der Waals surface area contributed by atoms with E-state index in [2.05, 4.69) is 59.3 Å². The highest BCUT2D eigenvalue weighted by atomic mass is 32.1. The molecule has 0 saturated carbocycles. The normalized spacial score (nSPS) is 21.9. The van der Waals surface area contributed by atoms with Crippen LogP contribution in [-0.4, -0.2) is 56.0 Å². The van der Waals surface area contributed by atoms with E-state index in [1.165, 1.54) is 17.7 Å². The molecule has 2 heterocycles. The smallest absolute Gasteiger partial charge is 0.221 e. The highest BCUT2D eigenvalue weighted by Gasteiger charge is 2.31. The maximum absolute atomic E-state index is 12.0. The number of likely N-dealkylation sites (tertiary alicyclic amines) is 1. The van der Waals surface area contributed by atoms with Crippen LogP contribution in [0.5, 0.6) is 0 Å². The number of piperidine rings is 1. The third-order valence-electron chi connectivity index (χ3n) is 5.33. The summed E-state index contributed by atoms with van der Waals surface area (Å²) in [6.07, 6.45) is 3.83. The molecule has 3 atom stereocenters. The van der Waals surface area contributed by atoms with E-state index in [-0.39, 0.29) is 11.9 Å². The van der Waals surface area contributed by atoms with Crippen LogP contribution in [0, 0.1) is 5.92 Å². The van der Waals surface area contributed by atoms with Gasteiger partial charge in [0, 0.05) is 43.0 Å². The number of hydrogen-bond donors (Lipinski definition) is 3. The molecule has 1 aliphatic rings. The minimum absolute atomic E-state index is 0.0874. The fraction of sp³-hybridized carbons (Fsp3) is 0.714. The molecule has 3 N–H and O–H groups in total. The maximum atomic E-state index is 12.0. The fourth-order valence-corrected chi connectivity index (χ4v) is 4.64. The van der Waals surface area contributed by atoms with Crippen LogP contribution in [0.4, 0.5) is 0 Å². The van der Waals surface area contributed by atoms with E-state index in [0.29, 0.717) is 24.9 Å². The molecule has 1 fully saturated rings. The van der Waals surface area contributed by atoms with Crippen LogP contribution in [0.3, 0.4) is 0 Å². The first kappa shape index (κ1) is 22.7. The van der Waals surface area contributed by atoms with Crippen molar-refractivity contribution in [3.8, 4) is 0 Å². The third kappa shape index (κ3) is 7.09. The van der Waals surface area contributed by atoms with Crippen molar-refractivity contribution in [1.29, 1.82) is 0 Å². The Kier molecular flexibility index (Phi) is 9.78. The van der Waals surface area contributed by atoms with Gasteiger partial charge in [-0.25, -0.2) is 0 Å². The van der Waals surface area contributed by atoms with Crippen LogP contribution in [0.25, 0.3) is 0 Å². The molecule has 0 bridgehead atoms. The summed E-state index contributed by atoms with van der Waals surface area (Å²) in [6, 6.07) is 5.06. The number of hydrogen-bond acceptors (Lipinski definition) is 4. The zero-order chi connectivity index (χ0) is 20.4. The van der Waals surface area contributed by atoms with E-state index in [9.17, 15) is 4.79 Å². The Morgan fingerprint density at radius 1 is 1.39 bits per heavy atom. The summed E-state index contributed by atoms with van der Waals surface area (Å²) >= 11 is 1.84. The predicted molar refractivity (Wildman–Crippen MR) is 119 cm³/mol. The van der Waals surface area contributed by atoms with Crippen LogP contribution in [0.1, 0.15) is 57.4 Å². The standard InChI is InChI=1S/C21H37N5OS/c1-5-16(3)25-19(27)11-12-23-21(22-6-2)24-15-17-9-7-13-26(4)20(17)18-10-8-14-28-18/h8,10,14,16-17,20H,5-7,9,11-13,15H2,1-4H3,(H,25,27)(H2,22,23,24). The van der Waals surface area contributed by atoms with Gasteiger partial charge in [0.25, 0.3) is 0 Å². The van der Waals surface area contributed by atoms with Gasteiger partial charge in [-0.1, -0.05) is 13.0 Å². The van der Waals surface area contributed by atoms with Crippen molar-refractivity contribution in [2.45, 2.75) is 58.5 Å². The van der Waals surface area contributed by atoms with Gasteiger partial charge in [-0.2, -0.15) is 0 Å². The van der Waals surface area contributed by atoms with Crippen molar-refractivity contribution in [1.82, 2.24) is 20.9 Å². The van der Waals surface area contributed by atoms with Gasteiger partial charge >= 0.3 is 0 Å². The van der Waals surface area contributed by atoms with Gasteiger partial charge in [0.1, 0.15) is 0 Å². The van der Waals surface area contributed by atoms with E-state index in [4.69, 9.17) is 4.99 Å². The lowest BCUT2D eigenvalue weighted by atomic mass is 9.88. The molecule has 0 spiro atoms. The number of nitrogens with zero attached hydrogens (tertiary/aromatic N) is 2. The predicted octanol–water partition coefficient (Wildman–Crippen LogP) is 2.99. The molecule has 1 aromatic heterocycles. The molecule has 0 aliphatic carbocycles. The zero-order valence-corrected chi connectivity index (χ0v) is 18.6. The SMILES string of the molecule is CCNC(=NCC1CCCN(C)C1c1cccs1)NCCC(=O)NC(C)CC. The molecule has 1 aliphatic heterocycles. The largest absolute Gasteiger partial charge is 0.357 e. The summed E-state index contributed by atoms with van der Waals surface area (Å²) in [6.45, 7) is 9.51. The topological polar surface area (TPSA) is 68.8 Å². The van der Waals surface area contributed by atoms with Gasteiger partial charge in [-0.05, 0) is 64.1 Å². The van der Waals surface area contributed by atoms with Gasteiger partial charge in [0.05, 0.1) is 0 Å². The number of nitrogens with one attached hydrogen (secondary N) is 3. The molecule has 6 nitrogen and oxygen atoms in total. The van der Waals surface area contributed by atoms with Crippen LogP contribution < -0.4 is 16.0 Å². The quantitative estimate of drug-likeness (QED) is 0.435. The molecule has 1 saturated heterocycles. The van der Waals surface area contributed by atoms with Crippen molar-refractivity contribution >= 4 is 23.2 Å². The second-order valence-electron chi connectivity index (χ2n) is 7.62. The van der Waals surface area contributed by atoms with Crippen molar-refractivity contribution < 1.29 is 4.79 Å². The number of guanidine groups is 1. The second-order valence-corrected chi connectivity index (χ2v) is 8.60. The molecule has 7 heteroatoms. The van der Waals surface area contributed by atoms with Gasteiger partial charge < -0.3 is 16.0 Å². The van der Waals surface area contributed by atoms with Crippen molar-refractivity contribution in [2.75, 3.05) is 33.2 Å². The van der Waals surface area contributed by atoms with Gasteiger partial charge in [0.2, 0.25) is 5.91 Å². The number of rotatable bonds is 9. The first-order valence-electron chi connectivity index (χ1n) is 10.6. The first-order valence-corrected chi connectivity index (χ1v) is 11.5. The summed E-state index contributed by atoms with van der Waals surface area (Å²) in [5, 5.41) is 11.8. The Bertz CT molecular complexity index is 604. The summed E-state index contributed by atoms with van der Waals surface area (Å²) < 4.78 is 0. The van der Waals surface area contributed by atoms with Crippen LogP contribution in [0.15, 0.2) is 22.5 Å². The highest BCUT2D eigenvalue weighted by molar-refractivity contribution is 7.10. The summed E-state index contributed by atoms with van der Waals surface area (Å²) in [4.78, 5) is 20.7. The van der Waals surface area contributed by atoms with Crippen LogP contribution in [0.2, 0.25) is 0 Å². The van der Waals surface area contributed by atoms with E-state index in [1.807, 2.05) is 18.3 Å². The van der Waals surface area contributed by atoms with E-state index in [1.54, 1.807) is 0 Å². The van der Waals surface area contributed by atoms with Crippen molar-refractivity contribution in [2.24, 2.45) is 10.9 Å². The Balaban J connectivity index is 1.90. The fourth-order valence-electron chi connectivity index (χ4n) is 3.65. The molecule has 3 unspecified atom stereocenters. The Morgan fingerprint density at radius 2 is 2.21 bits per heavy atom.